The third kappa shape index (κ3) is 8.83. The number of aryl methyl sites for hydroxylation is 1. The molecule has 0 unspecified atom stereocenters. The quantitative estimate of drug-likeness (QED) is 0.102. The molecule has 0 bridgehead atoms. The Balaban J connectivity index is 0.689. The lowest BCUT2D eigenvalue weighted by molar-refractivity contribution is -0.136. The number of benzene rings is 2. The lowest BCUT2D eigenvalue weighted by Crippen LogP contribution is -2.54. The molecule has 1 saturated carbocycles. The second-order valence-electron chi connectivity index (χ2n) is 16.3. The first-order chi connectivity index (χ1) is 31.1. The number of amides is 6. The van der Waals surface area contributed by atoms with E-state index in [2.05, 4.69) is 45.4 Å². The van der Waals surface area contributed by atoms with Crippen LogP contribution >= 0.6 is 0 Å². The Bertz CT molecular complexity index is 2640. The van der Waals surface area contributed by atoms with Gasteiger partial charge in [0.05, 0.1) is 24.1 Å². The highest BCUT2D eigenvalue weighted by atomic mass is 16.5. The molecule has 3 fully saturated rings. The number of piperazine rings is 1. The summed E-state index contributed by atoms with van der Waals surface area (Å²) >= 11 is 0. The molecule has 6 amide bonds. The summed E-state index contributed by atoms with van der Waals surface area (Å²) < 4.78 is 14.0. The number of fused-ring (bicyclic) bond motifs is 2. The molecule has 0 spiro atoms. The maximum Gasteiger partial charge on any atom is 0.270 e. The second-order valence-corrected chi connectivity index (χ2v) is 16.3. The van der Waals surface area contributed by atoms with Crippen molar-refractivity contribution in [1.82, 2.24) is 49.8 Å². The Morgan fingerprint density at radius 1 is 0.906 bits per heavy atom. The predicted molar refractivity (Wildman–Crippen MR) is 229 cm³/mol. The molecular formula is C45H47N11O8. The van der Waals surface area contributed by atoms with E-state index in [1.54, 1.807) is 23.4 Å². The van der Waals surface area contributed by atoms with Gasteiger partial charge in [0, 0.05) is 63.5 Å². The molecule has 1 atom stereocenters. The van der Waals surface area contributed by atoms with Crippen LogP contribution in [0.15, 0.2) is 73.3 Å². The summed E-state index contributed by atoms with van der Waals surface area (Å²) in [7, 11) is 0. The fourth-order valence-electron chi connectivity index (χ4n) is 8.58. The number of rotatable bonds is 15. The van der Waals surface area contributed by atoms with E-state index in [4.69, 9.17) is 9.47 Å². The van der Waals surface area contributed by atoms with Crippen molar-refractivity contribution in [3.63, 3.8) is 0 Å². The molecule has 19 heteroatoms. The third-order valence-electron chi connectivity index (χ3n) is 12.1. The maximum atomic E-state index is 13.4. The molecule has 0 radical (unpaired) electrons. The molecule has 6 heterocycles. The number of anilines is 1. The van der Waals surface area contributed by atoms with Gasteiger partial charge in [0.25, 0.3) is 23.6 Å². The number of piperidine rings is 1. The first kappa shape index (κ1) is 42.0. The number of imide groups is 2. The van der Waals surface area contributed by atoms with Gasteiger partial charge in [-0.05, 0) is 74.6 Å². The van der Waals surface area contributed by atoms with Gasteiger partial charge in [-0.15, -0.1) is 0 Å². The van der Waals surface area contributed by atoms with Crippen LogP contribution in [-0.4, -0.2) is 133 Å². The molecule has 3 aliphatic heterocycles. The fourth-order valence-corrected chi connectivity index (χ4v) is 8.58. The van der Waals surface area contributed by atoms with Crippen LogP contribution in [0.3, 0.4) is 0 Å². The van der Waals surface area contributed by atoms with Crippen molar-refractivity contribution in [2.24, 2.45) is 0 Å². The number of pyridine rings is 1. The zero-order valence-electron chi connectivity index (χ0n) is 35.2. The average molecular weight is 870 g/mol. The molecule has 9 rings (SSSR count). The lowest BCUT2D eigenvalue weighted by atomic mass is 9.86. The molecule has 330 valence electrons. The number of carbonyl (C=O) groups is 6. The fraction of sp³-hybridized carbons (Fsp3) is 0.378. The minimum absolute atomic E-state index is 0.00885. The minimum Gasteiger partial charge on any atom is -0.494 e. The third-order valence-corrected chi connectivity index (χ3v) is 12.1. The number of hydrogen-bond acceptors (Lipinski definition) is 14. The molecule has 64 heavy (non-hydrogen) atoms. The smallest absolute Gasteiger partial charge is 0.270 e. The van der Waals surface area contributed by atoms with Gasteiger partial charge in [-0.3, -0.25) is 43.9 Å². The van der Waals surface area contributed by atoms with Crippen LogP contribution in [-0.2, 0) is 20.9 Å². The summed E-state index contributed by atoms with van der Waals surface area (Å²) in [5.74, 6) is -1.39. The number of nitrogens with one attached hydrogen (secondary N) is 3. The highest BCUT2D eigenvalue weighted by Crippen LogP contribution is 2.36. The number of ether oxygens (including phenoxy) is 2. The number of nitrogens with zero attached hydrogens (tertiary/aromatic N) is 8. The van der Waals surface area contributed by atoms with Crippen LogP contribution in [0.1, 0.15) is 80.6 Å². The molecule has 2 aromatic carbocycles. The largest absolute Gasteiger partial charge is 0.494 e. The number of imidazole rings is 1. The van der Waals surface area contributed by atoms with Gasteiger partial charge in [-0.1, -0.05) is 24.3 Å². The molecular weight excluding hydrogens is 823 g/mol. The van der Waals surface area contributed by atoms with E-state index >= 15 is 0 Å². The van der Waals surface area contributed by atoms with Gasteiger partial charge in [-0.2, -0.15) is 0 Å². The molecule has 4 aliphatic rings. The van der Waals surface area contributed by atoms with Crippen LogP contribution < -0.4 is 25.4 Å². The van der Waals surface area contributed by atoms with Crippen molar-refractivity contribution in [2.75, 3.05) is 51.3 Å². The van der Waals surface area contributed by atoms with E-state index < -0.39 is 29.7 Å². The van der Waals surface area contributed by atoms with Crippen molar-refractivity contribution in [1.29, 1.82) is 0 Å². The van der Waals surface area contributed by atoms with E-state index in [-0.39, 0.29) is 60.2 Å². The summed E-state index contributed by atoms with van der Waals surface area (Å²) in [6.07, 6.45) is 5.71. The highest BCUT2D eigenvalue weighted by molar-refractivity contribution is 6.24. The van der Waals surface area contributed by atoms with Gasteiger partial charge >= 0.3 is 0 Å². The number of hydrogen-bond donors (Lipinski definition) is 3. The van der Waals surface area contributed by atoms with E-state index in [0.29, 0.717) is 56.4 Å². The van der Waals surface area contributed by atoms with Crippen molar-refractivity contribution < 1.29 is 38.2 Å². The van der Waals surface area contributed by atoms with Crippen LogP contribution in [0.25, 0.3) is 11.2 Å². The van der Waals surface area contributed by atoms with Crippen LogP contribution in [0.4, 0.5) is 5.82 Å². The van der Waals surface area contributed by atoms with Crippen molar-refractivity contribution in [3.8, 4) is 11.5 Å². The summed E-state index contributed by atoms with van der Waals surface area (Å²) in [5.41, 5.74) is 3.75. The van der Waals surface area contributed by atoms with Gasteiger partial charge in [0.1, 0.15) is 35.1 Å². The normalized spacial score (nSPS) is 19.9. The highest BCUT2D eigenvalue weighted by Gasteiger charge is 2.46. The zero-order chi connectivity index (χ0) is 44.3. The Labute approximate surface area is 367 Å². The van der Waals surface area contributed by atoms with E-state index in [1.165, 1.54) is 18.5 Å². The Hall–Kier alpha value is -7.28. The first-order valence-corrected chi connectivity index (χ1v) is 21.4. The van der Waals surface area contributed by atoms with Crippen molar-refractivity contribution in [3.05, 3.63) is 101 Å². The van der Waals surface area contributed by atoms with Gasteiger partial charge in [0.15, 0.2) is 18.1 Å². The second kappa shape index (κ2) is 18.2. The van der Waals surface area contributed by atoms with Crippen LogP contribution in [0.2, 0.25) is 0 Å². The van der Waals surface area contributed by atoms with Gasteiger partial charge < -0.3 is 29.6 Å². The topological polar surface area (TPSA) is 223 Å². The molecule has 1 aliphatic carbocycles. The van der Waals surface area contributed by atoms with Gasteiger partial charge in [0.2, 0.25) is 11.8 Å². The Kier molecular flexibility index (Phi) is 12.0. The minimum atomic E-state index is -1.09. The number of carbonyl (C=O) groups excluding carboxylic acids is 6. The Morgan fingerprint density at radius 2 is 1.72 bits per heavy atom. The average Bonchev–Trinajstić information content (AvgIpc) is 3.83. The monoisotopic (exact) mass is 869 g/mol. The molecule has 3 aromatic heterocycles. The molecule has 3 N–H and O–H groups in total. The van der Waals surface area contributed by atoms with Crippen LogP contribution in [0, 0.1) is 6.92 Å². The summed E-state index contributed by atoms with van der Waals surface area (Å²) in [6, 6.07) is 17.0. The van der Waals surface area contributed by atoms with Crippen molar-refractivity contribution in [2.45, 2.75) is 63.7 Å². The standard InChI is InChI=1S/C45H47N11O8/c1-27-6-2-10-33(50-27)42(59)51-29-21-30(22-29)55-26-49-39-40(47-25-48-41(39)55)46-23-28-7-3-8-31(20-28)63-19-5-14-53-15-17-54(18-16-53)37(58)24-64-35-11-4-9-32-38(35)45(62)56(44(32)61)34-12-13-36(57)52-43(34)60/h2-4,6-11,20,25-26,29-30,34H,5,12-19,21-24H2,1H3,(H,51,59)(H,46,47,48)(H,52,57,60)/t29?,30?,34-/m0/s1. The van der Waals surface area contributed by atoms with E-state index in [9.17, 15) is 28.8 Å². The first-order valence-electron chi connectivity index (χ1n) is 21.4. The van der Waals surface area contributed by atoms with Crippen LogP contribution in [0.5, 0.6) is 11.5 Å². The SMILES string of the molecule is Cc1cccc(C(=O)NC2CC(n3cnc4c(NCc5cccc(OCCCN6CCN(C(=O)COc7cccc8c7C(=O)N([C@H]7CCC(=O)NC7=O)C8=O)CC6)c5)ncnc43)C2)n1. The zero-order valence-corrected chi connectivity index (χ0v) is 35.2. The number of aromatic nitrogens is 5. The maximum absolute atomic E-state index is 13.4. The lowest BCUT2D eigenvalue weighted by Gasteiger charge is -2.36. The van der Waals surface area contributed by atoms with E-state index in [0.717, 1.165) is 53.4 Å². The van der Waals surface area contributed by atoms with Gasteiger partial charge in [-0.25, -0.2) is 19.9 Å². The van der Waals surface area contributed by atoms with E-state index in [1.807, 2.05) is 43.3 Å². The summed E-state index contributed by atoms with van der Waals surface area (Å²) in [5, 5.41) is 8.67. The van der Waals surface area contributed by atoms with Crippen molar-refractivity contribution >= 4 is 52.4 Å². The molecule has 5 aromatic rings. The Morgan fingerprint density at radius 3 is 2.53 bits per heavy atom. The predicted octanol–water partition coefficient (Wildman–Crippen LogP) is 2.67. The molecule has 19 nitrogen and oxygen atoms in total. The summed E-state index contributed by atoms with van der Waals surface area (Å²) in [6.45, 7) is 5.76. The molecule has 2 saturated heterocycles. The summed E-state index contributed by atoms with van der Waals surface area (Å²) in [4.78, 5) is 99.2.